The number of benzene rings is 1. The molecule has 1 aromatic rings. The second-order valence-corrected chi connectivity index (χ2v) is 6.17. The second kappa shape index (κ2) is 6.72. The highest BCUT2D eigenvalue weighted by molar-refractivity contribution is 7.92. The molecule has 0 aromatic heterocycles. The lowest BCUT2D eigenvalue weighted by Crippen LogP contribution is -2.20. The zero-order valence-electron chi connectivity index (χ0n) is 10.4. The van der Waals surface area contributed by atoms with E-state index in [1.54, 1.807) is 0 Å². The van der Waals surface area contributed by atoms with Crippen LogP contribution in [0.4, 0.5) is 8.78 Å². The van der Waals surface area contributed by atoms with Crippen LogP contribution >= 0.6 is 0 Å². The Hall–Kier alpha value is -1.34. The fourth-order valence-corrected chi connectivity index (χ4v) is 2.72. The highest BCUT2D eigenvalue weighted by atomic mass is 32.2. The van der Waals surface area contributed by atoms with Crippen LogP contribution < -0.4 is 0 Å². The van der Waals surface area contributed by atoms with E-state index in [1.165, 1.54) is 7.11 Å². The molecular formula is C12H14F2O4S. The van der Waals surface area contributed by atoms with Crippen molar-refractivity contribution in [3.8, 4) is 0 Å². The molecule has 0 saturated heterocycles. The third kappa shape index (κ3) is 5.04. The Bertz CT molecular complexity index is 555. The Kier molecular flexibility index (Phi) is 5.56. The van der Waals surface area contributed by atoms with E-state index >= 15 is 0 Å². The van der Waals surface area contributed by atoms with Crippen molar-refractivity contribution in [2.45, 2.75) is 6.42 Å². The van der Waals surface area contributed by atoms with E-state index in [9.17, 15) is 22.0 Å². The number of sulfone groups is 1. The lowest BCUT2D eigenvalue weighted by atomic mass is 10.1. The van der Waals surface area contributed by atoms with Gasteiger partial charge in [0, 0.05) is 19.3 Å². The molecule has 0 N–H and O–H groups in total. The van der Waals surface area contributed by atoms with Crippen LogP contribution in [-0.2, 0) is 14.6 Å². The Labute approximate surface area is 110 Å². The molecular weight excluding hydrogens is 278 g/mol. The van der Waals surface area contributed by atoms with Gasteiger partial charge in [0.25, 0.3) is 0 Å². The minimum Gasteiger partial charge on any atom is -0.385 e. The summed E-state index contributed by atoms with van der Waals surface area (Å²) in [6, 6.07) is 2.55. The molecule has 0 spiro atoms. The molecule has 0 bridgehead atoms. The molecule has 1 rings (SSSR count). The van der Waals surface area contributed by atoms with Gasteiger partial charge in [0.05, 0.1) is 5.75 Å². The monoisotopic (exact) mass is 292 g/mol. The van der Waals surface area contributed by atoms with Crippen molar-refractivity contribution in [3.63, 3.8) is 0 Å². The third-order valence-corrected chi connectivity index (χ3v) is 4.01. The number of ether oxygens (including phenoxy) is 1. The first-order valence-corrected chi connectivity index (χ1v) is 7.35. The summed E-state index contributed by atoms with van der Waals surface area (Å²) in [5.41, 5.74) is -0.158. The number of carbonyl (C=O) groups is 1. The molecule has 0 unspecified atom stereocenters. The van der Waals surface area contributed by atoms with Crippen LogP contribution in [0.5, 0.6) is 0 Å². The molecule has 7 heteroatoms. The van der Waals surface area contributed by atoms with Crippen molar-refractivity contribution in [1.29, 1.82) is 0 Å². The molecule has 0 aliphatic carbocycles. The van der Waals surface area contributed by atoms with Gasteiger partial charge in [-0.25, -0.2) is 17.2 Å². The standard InChI is InChI=1S/C12H14F2O4S/c1-18-5-2-6-19(16,17)8-12(15)9-3-4-10(13)11(14)7-9/h3-4,7H,2,5-6,8H2,1H3. The van der Waals surface area contributed by atoms with Gasteiger partial charge in [-0.2, -0.15) is 0 Å². The van der Waals surface area contributed by atoms with Gasteiger partial charge in [-0.1, -0.05) is 0 Å². The van der Waals surface area contributed by atoms with Gasteiger partial charge in [-0.3, -0.25) is 4.79 Å². The fraction of sp³-hybridized carbons (Fsp3) is 0.417. The summed E-state index contributed by atoms with van der Waals surface area (Å²) in [5.74, 6) is -3.92. The molecule has 0 aliphatic heterocycles. The largest absolute Gasteiger partial charge is 0.385 e. The van der Waals surface area contributed by atoms with Crippen molar-refractivity contribution in [2.75, 3.05) is 25.2 Å². The molecule has 4 nitrogen and oxygen atoms in total. The maximum Gasteiger partial charge on any atom is 0.177 e. The maximum atomic E-state index is 12.9. The first-order valence-electron chi connectivity index (χ1n) is 5.53. The first kappa shape index (κ1) is 15.7. The molecule has 0 atom stereocenters. The highest BCUT2D eigenvalue weighted by Crippen LogP contribution is 2.10. The van der Waals surface area contributed by atoms with Crippen molar-refractivity contribution >= 4 is 15.6 Å². The zero-order chi connectivity index (χ0) is 14.5. The van der Waals surface area contributed by atoms with E-state index in [0.717, 1.165) is 12.1 Å². The van der Waals surface area contributed by atoms with Gasteiger partial charge in [0.1, 0.15) is 5.75 Å². The molecule has 0 fully saturated rings. The van der Waals surface area contributed by atoms with E-state index in [-0.39, 0.29) is 24.3 Å². The molecule has 0 saturated carbocycles. The van der Waals surface area contributed by atoms with Crippen LogP contribution in [0, 0.1) is 11.6 Å². The van der Waals surface area contributed by atoms with E-state index in [1.807, 2.05) is 0 Å². The zero-order valence-corrected chi connectivity index (χ0v) is 11.2. The van der Waals surface area contributed by atoms with E-state index in [0.29, 0.717) is 6.07 Å². The fourth-order valence-electron chi connectivity index (χ4n) is 1.45. The van der Waals surface area contributed by atoms with Crippen LogP contribution in [0.3, 0.4) is 0 Å². The normalized spacial score (nSPS) is 11.5. The second-order valence-electron chi connectivity index (χ2n) is 3.99. The van der Waals surface area contributed by atoms with Gasteiger partial charge in [-0.05, 0) is 24.6 Å². The summed E-state index contributed by atoms with van der Waals surface area (Å²) in [6.45, 7) is 0.276. The molecule has 0 heterocycles. The van der Waals surface area contributed by atoms with Crippen LogP contribution in [0.25, 0.3) is 0 Å². The number of halogens is 2. The first-order chi connectivity index (χ1) is 8.85. The minimum atomic E-state index is -3.57. The number of Topliss-reactive ketones (excluding diaryl/α,β-unsaturated/α-hetero) is 1. The highest BCUT2D eigenvalue weighted by Gasteiger charge is 2.18. The Morgan fingerprint density at radius 2 is 1.95 bits per heavy atom. The van der Waals surface area contributed by atoms with Crippen LogP contribution in [0.2, 0.25) is 0 Å². The summed E-state index contributed by atoms with van der Waals surface area (Å²) in [7, 11) is -2.13. The smallest absolute Gasteiger partial charge is 0.177 e. The molecule has 1 aromatic carbocycles. The molecule has 106 valence electrons. The summed E-state index contributed by atoms with van der Waals surface area (Å²) >= 11 is 0. The van der Waals surface area contributed by atoms with Crippen molar-refractivity contribution < 1.29 is 26.7 Å². The minimum absolute atomic E-state index is 0.158. The quantitative estimate of drug-likeness (QED) is 0.566. The lowest BCUT2D eigenvalue weighted by molar-refractivity contribution is 0.102. The number of rotatable bonds is 7. The van der Waals surface area contributed by atoms with Crippen molar-refractivity contribution in [1.82, 2.24) is 0 Å². The average molecular weight is 292 g/mol. The molecule has 19 heavy (non-hydrogen) atoms. The van der Waals surface area contributed by atoms with Crippen molar-refractivity contribution in [2.24, 2.45) is 0 Å². The predicted octanol–water partition coefficient (Wildman–Crippen LogP) is 1.60. The number of carbonyl (C=O) groups excluding carboxylic acids is 1. The summed E-state index contributed by atoms with van der Waals surface area (Å²) in [4.78, 5) is 11.7. The van der Waals surface area contributed by atoms with Crippen LogP contribution in [0.15, 0.2) is 18.2 Å². The summed E-state index contributed by atoms with van der Waals surface area (Å²) in [6.07, 6.45) is 0.282. The van der Waals surface area contributed by atoms with Crippen molar-refractivity contribution in [3.05, 3.63) is 35.4 Å². The number of ketones is 1. The van der Waals surface area contributed by atoms with Gasteiger partial charge in [0.15, 0.2) is 27.3 Å². The Morgan fingerprint density at radius 3 is 2.53 bits per heavy atom. The summed E-state index contributed by atoms with van der Waals surface area (Å²) < 4.78 is 53.5. The third-order valence-electron chi connectivity index (χ3n) is 2.40. The van der Waals surface area contributed by atoms with Crippen LogP contribution in [0.1, 0.15) is 16.8 Å². The summed E-state index contributed by atoms with van der Waals surface area (Å²) in [5, 5.41) is 0. The van der Waals surface area contributed by atoms with Gasteiger partial charge >= 0.3 is 0 Å². The van der Waals surface area contributed by atoms with Gasteiger partial charge in [-0.15, -0.1) is 0 Å². The molecule has 0 radical (unpaired) electrons. The number of hydrogen-bond donors (Lipinski definition) is 0. The maximum absolute atomic E-state index is 12.9. The van der Waals surface area contributed by atoms with E-state index < -0.39 is 33.0 Å². The van der Waals surface area contributed by atoms with Gasteiger partial charge < -0.3 is 4.74 Å². The average Bonchev–Trinajstić information content (AvgIpc) is 2.32. The topological polar surface area (TPSA) is 60.4 Å². The predicted molar refractivity (Wildman–Crippen MR) is 65.8 cm³/mol. The Morgan fingerprint density at radius 1 is 1.26 bits per heavy atom. The number of methoxy groups -OCH3 is 1. The lowest BCUT2D eigenvalue weighted by Gasteiger charge is -2.04. The molecule has 0 amide bonds. The SMILES string of the molecule is COCCCS(=O)(=O)CC(=O)c1ccc(F)c(F)c1. The Balaban J connectivity index is 2.70. The van der Waals surface area contributed by atoms with E-state index in [2.05, 4.69) is 0 Å². The molecule has 0 aliphatic rings. The van der Waals surface area contributed by atoms with E-state index in [4.69, 9.17) is 4.74 Å². The van der Waals surface area contributed by atoms with Crippen LogP contribution in [-0.4, -0.2) is 39.4 Å². The van der Waals surface area contributed by atoms with Gasteiger partial charge in [0.2, 0.25) is 0 Å². The number of hydrogen-bond acceptors (Lipinski definition) is 4.